The first-order valence-electron chi connectivity index (χ1n) is 5.77. The normalized spacial score (nSPS) is 11.1. The summed E-state index contributed by atoms with van der Waals surface area (Å²) in [5, 5.41) is 0. The van der Waals surface area contributed by atoms with E-state index in [1.165, 1.54) is 12.3 Å². The molecule has 0 spiro atoms. The van der Waals surface area contributed by atoms with E-state index >= 15 is 0 Å². The van der Waals surface area contributed by atoms with Crippen LogP contribution < -0.4 is 5.73 Å². The highest BCUT2D eigenvalue weighted by Gasteiger charge is 2.06. The van der Waals surface area contributed by atoms with Crippen LogP contribution in [0.3, 0.4) is 0 Å². The Labute approximate surface area is 102 Å². The number of hydrogen-bond donors (Lipinski definition) is 1. The Bertz CT molecular complexity index is 314. The van der Waals surface area contributed by atoms with Gasteiger partial charge in [0.05, 0.1) is 12.8 Å². The minimum atomic E-state index is -0.298. The average Bonchev–Trinajstić information content (AvgIpc) is 2.32. The lowest BCUT2D eigenvalue weighted by atomic mass is 10.2. The summed E-state index contributed by atoms with van der Waals surface area (Å²) in [5.74, 6) is -0.298. The van der Waals surface area contributed by atoms with Crippen LogP contribution in [0, 0.1) is 5.82 Å². The van der Waals surface area contributed by atoms with Gasteiger partial charge in [-0.25, -0.2) is 4.39 Å². The maximum absolute atomic E-state index is 13.0. The Morgan fingerprint density at radius 1 is 1.41 bits per heavy atom. The summed E-state index contributed by atoms with van der Waals surface area (Å²) in [7, 11) is 1.67. The lowest BCUT2D eigenvalue weighted by Gasteiger charge is -2.21. The van der Waals surface area contributed by atoms with Crippen LogP contribution in [-0.4, -0.2) is 43.2 Å². The molecular weight excluding hydrogens is 221 g/mol. The van der Waals surface area contributed by atoms with Crippen LogP contribution in [0.2, 0.25) is 0 Å². The molecular formula is C12H20FN3O. The van der Waals surface area contributed by atoms with E-state index < -0.39 is 0 Å². The van der Waals surface area contributed by atoms with Gasteiger partial charge in [-0.1, -0.05) is 0 Å². The first-order chi connectivity index (χ1) is 8.26. The molecule has 1 aromatic heterocycles. The summed E-state index contributed by atoms with van der Waals surface area (Å²) in [4.78, 5) is 6.03. The molecule has 0 atom stereocenters. The van der Waals surface area contributed by atoms with E-state index in [4.69, 9.17) is 10.5 Å². The highest BCUT2D eigenvalue weighted by atomic mass is 19.1. The topological polar surface area (TPSA) is 51.4 Å². The van der Waals surface area contributed by atoms with Crippen LogP contribution in [0.4, 0.5) is 4.39 Å². The van der Waals surface area contributed by atoms with Crippen molar-refractivity contribution in [2.75, 3.05) is 33.4 Å². The predicted molar refractivity (Wildman–Crippen MR) is 65.0 cm³/mol. The monoisotopic (exact) mass is 241 g/mol. The van der Waals surface area contributed by atoms with Crippen LogP contribution >= 0.6 is 0 Å². The summed E-state index contributed by atoms with van der Waals surface area (Å²) in [6.07, 6.45) is 3.82. The number of ether oxygens (including phenoxy) is 1. The van der Waals surface area contributed by atoms with Crippen molar-refractivity contribution in [3.05, 3.63) is 29.8 Å². The summed E-state index contributed by atoms with van der Waals surface area (Å²) < 4.78 is 18.0. The zero-order valence-corrected chi connectivity index (χ0v) is 10.2. The number of nitrogens with two attached hydrogens (primary N) is 1. The van der Waals surface area contributed by atoms with Crippen LogP contribution in [0.15, 0.2) is 18.5 Å². The van der Waals surface area contributed by atoms with Gasteiger partial charge in [0.25, 0.3) is 0 Å². The summed E-state index contributed by atoms with van der Waals surface area (Å²) in [6.45, 7) is 3.69. The Morgan fingerprint density at radius 3 is 2.88 bits per heavy atom. The molecule has 0 aliphatic carbocycles. The van der Waals surface area contributed by atoms with Gasteiger partial charge in [-0.15, -0.1) is 0 Å². The molecule has 5 heteroatoms. The van der Waals surface area contributed by atoms with Crippen molar-refractivity contribution in [3.63, 3.8) is 0 Å². The fraction of sp³-hybridized carbons (Fsp3) is 0.583. The Morgan fingerprint density at radius 2 is 2.24 bits per heavy atom. The zero-order chi connectivity index (χ0) is 12.5. The lowest BCUT2D eigenvalue weighted by Crippen LogP contribution is -2.29. The van der Waals surface area contributed by atoms with Crippen molar-refractivity contribution in [2.45, 2.75) is 13.0 Å². The number of rotatable bonds is 8. The molecule has 0 unspecified atom stereocenters. The van der Waals surface area contributed by atoms with Gasteiger partial charge in [-0.2, -0.15) is 0 Å². The molecule has 0 bridgehead atoms. The van der Waals surface area contributed by atoms with Crippen LogP contribution in [0.1, 0.15) is 12.0 Å². The highest BCUT2D eigenvalue weighted by molar-refractivity contribution is 5.09. The van der Waals surface area contributed by atoms with Crippen molar-refractivity contribution >= 4 is 0 Å². The van der Waals surface area contributed by atoms with E-state index in [0.29, 0.717) is 19.7 Å². The van der Waals surface area contributed by atoms with Crippen molar-refractivity contribution in [3.8, 4) is 0 Å². The molecule has 0 amide bonds. The molecule has 17 heavy (non-hydrogen) atoms. The fourth-order valence-electron chi connectivity index (χ4n) is 1.61. The van der Waals surface area contributed by atoms with Gasteiger partial charge in [0.15, 0.2) is 0 Å². The van der Waals surface area contributed by atoms with E-state index in [1.807, 2.05) is 0 Å². The number of pyridine rings is 1. The summed E-state index contributed by atoms with van der Waals surface area (Å²) >= 11 is 0. The number of nitrogens with zero attached hydrogens (tertiary/aromatic N) is 2. The largest absolute Gasteiger partial charge is 0.383 e. The minimum absolute atomic E-state index is 0.298. The maximum Gasteiger partial charge on any atom is 0.141 e. The van der Waals surface area contributed by atoms with Crippen molar-refractivity contribution < 1.29 is 9.13 Å². The molecule has 0 aliphatic rings. The average molecular weight is 241 g/mol. The SMILES string of the molecule is COCCN(CCCN)Cc1cncc(F)c1. The number of halogens is 1. The Balaban J connectivity index is 2.51. The molecule has 0 aromatic carbocycles. The van der Waals surface area contributed by atoms with E-state index in [1.54, 1.807) is 13.3 Å². The van der Waals surface area contributed by atoms with E-state index in [-0.39, 0.29) is 5.82 Å². The molecule has 96 valence electrons. The molecule has 0 radical (unpaired) electrons. The second-order valence-corrected chi connectivity index (χ2v) is 3.92. The van der Waals surface area contributed by atoms with Gasteiger partial charge in [0.2, 0.25) is 0 Å². The number of aromatic nitrogens is 1. The molecule has 2 N–H and O–H groups in total. The van der Waals surface area contributed by atoms with Gasteiger partial charge >= 0.3 is 0 Å². The van der Waals surface area contributed by atoms with Gasteiger partial charge in [-0.05, 0) is 31.1 Å². The third-order valence-corrected chi connectivity index (χ3v) is 2.46. The Kier molecular flexibility index (Phi) is 6.69. The zero-order valence-electron chi connectivity index (χ0n) is 10.2. The third kappa shape index (κ3) is 5.72. The van der Waals surface area contributed by atoms with Crippen LogP contribution in [0.25, 0.3) is 0 Å². The Hall–Kier alpha value is -1.04. The van der Waals surface area contributed by atoms with Gasteiger partial charge < -0.3 is 10.5 Å². The van der Waals surface area contributed by atoms with Gasteiger partial charge in [0.1, 0.15) is 5.82 Å². The molecule has 0 saturated heterocycles. The standard InChI is InChI=1S/C12H20FN3O/c1-17-6-5-16(4-2-3-14)10-11-7-12(13)9-15-8-11/h7-9H,2-6,10,14H2,1H3. The first-order valence-corrected chi connectivity index (χ1v) is 5.77. The first kappa shape index (κ1) is 14.0. The minimum Gasteiger partial charge on any atom is -0.383 e. The van der Waals surface area contributed by atoms with Crippen molar-refractivity contribution in [1.82, 2.24) is 9.88 Å². The number of methoxy groups -OCH3 is 1. The molecule has 1 aromatic rings. The quantitative estimate of drug-likeness (QED) is 0.738. The molecule has 4 nitrogen and oxygen atoms in total. The molecule has 0 aliphatic heterocycles. The smallest absolute Gasteiger partial charge is 0.141 e. The van der Waals surface area contributed by atoms with Crippen LogP contribution in [-0.2, 0) is 11.3 Å². The van der Waals surface area contributed by atoms with Crippen molar-refractivity contribution in [1.29, 1.82) is 0 Å². The third-order valence-electron chi connectivity index (χ3n) is 2.46. The molecule has 1 heterocycles. The summed E-state index contributed by atoms with van der Waals surface area (Å²) in [5.41, 5.74) is 6.37. The van der Waals surface area contributed by atoms with E-state index in [0.717, 1.165) is 25.1 Å². The predicted octanol–water partition coefficient (Wildman–Crippen LogP) is 1.02. The lowest BCUT2D eigenvalue weighted by molar-refractivity contribution is 0.143. The second kappa shape index (κ2) is 8.11. The number of hydrogen-bond acceptors (Lipinski definition) is 4. The molecule has 0 fully saturated rings. The summed E-state index contributed by atoms with van der Waals surface area (Å²) in [6, 6.07) is 1.51. The fourth-order valence-corrected chi connectivity index (χ4v) is 1.61. The van der Waals surface area contributed by atoms with Gasteiger partial charge in [-0.3, -0.25) is 9.88 Å². The van der Waals surface area contributed by atoms with Crippen LogP contribution in [0.5, 0.6) is 0 Å². The second-order valence-electron chi connectivity index (χ2n) is 3.92. The molecule has 0 saturated carbocycles. The molecule has 1 rings (SSSR count). The highest BCUT2D eigenvalue weighted by Crippen LogP contribution is 2.05. The van der Waals surface area contributed by atoms with Gasteiger partial charge in [0, 0.05) is 26.4 Å². The van der Waals surface area contributed by atoms with E-state index in [9.17, 15) is 4.39 Å². The van der Waals surface area contributed by atoms with Crippen molar-refractivity contribution in [2.24, 2.45) is 5.73 Å². The van der Waals surface area contributed by atoms with E-state index in [2.05, 4.69) is 9.88 Å². The maximum atomic E-state index is 13.0.